The summed E-state index contributed by atoms with van der Waals surface area (Å²) in [5.74, 6) is -1.01. The Balaban J connectivity index is 2.37. The van der Waals surface area contributed by atoms with Crippen molar-refractivity contribution < 1.29 is 13.5 Å². The van der Waals surface area contributed by atoms with Crippen LogP contribution in [0.3, 0.4) is 0 Å². The van der Waals surface area contributed by atoms with Crippen LogP contribution in [-0.4, -0.2) is 19.3 Å². The van der Waals surface area contributed by atoms with Gasteiger partial charge < -0.3 is 10.1 Å². The third-order valence-corrected chi connectivity index (χ3v) is 4.02. The molecule has 1 aromatic carbocycles. The number of hydrogen-bond donors (Lipinski definition) is 1. The van der Waals surface area contributed by atoms with Crippen molar-refractivity contribution in [1.82, 2.24) is 5.32 Å². The van der Waals surface area contributed by atoms with Crippen LogP contribution >= 0.6 is 0 Å². The highest BCUT2D eigenvalue weighted by Crippen LogP contribution is 2.45. The Morgan fingerprint density at radius 1 is 1.32 bits per heavy atom. The van der Waals surface area contributed by atoms with Crippen LogP contribution in [0.25, 0.3) is 0 Å². The smallest absolute Gasteiger partial charge is 0.131 e. The van der Waals surface area contributed by atoms with Crippen LogP contribution in [0.15, 0.2) is 18.2 Å². The van der Waals surface area contributed by atoms with E-state index in [0.717, 1.165) is 25.7 Å². The molecule has 2 nitrogen and oxygen atoms in total. The maximum absolute atomic E-state index is 14.0. The zero-order chi connectivity index (χ0) is 13.9. The zero-order valence-corrected chi connectivity index (χ0v) is 11.5. The van der Waals surface area contributed by atoms with Gasteiger partial charge in [-0.25, -0.2) is 8.78 Å². The van der Waals surface area contributed by atoms with Gasteiger partial charge >= 0.3 is 0 Å². The third-order valence-electron chi connectivity index (χ3n) is 4.02. The van der Waals surface area contributed by atoms with E-state index in [1.54, 1.807) is 7.11 Å². The molecule has 1 unspecified atom stereocenters. The Kier molecular flexibility index (Phi) is 4.53. The van der Waals surface area contributed by atoms with Crippen LogP contribution in [-0.2, 0) is 4.74 Å². The summed E-state index contributed by atoms with van der Waals surface area (Å²) in [7, 11) is 1.62. The quantitative estimate of drug-likeness (QED) is 0.852. The number of hydrogen-bond acceptors (Lipinski definition) is 2. The molecule has 19 heavy (non-hydrogen) atoms. The van der Waals surface area contributed by atoms with Crippen LogP contribution < -0.4 is 5.32 Å². The van der Waals surface area contributed by atoms with Crippen LogP contribution in [0.5, 0.6) is 0 Å². The van der Waals surface area contributed by atoms with Gasteiger partial charge in [-0.2, -0.15) is 0 Å². The molecule has 0 amide bonds. The van der Waals surface area contributed by atoms with Gasteiger partial charge in [0.1, 0.15) is 11.6 Å². The SMILES string of the molecule is CCCNC(c1c(F)cccc1F)C1(OC)CCC1. The fourth-order valence-electron chi connectivity index (χ4n) is 2.76. The van der Waals surface area contributed by atoms with Gasteiger partial charge in [-0.1, -0.05) is 13.0 Å². The second-order valence-electron chi connectivity index (χ2n) is 5.14. The summed E-state index contributed by atoms with van der Waals surface area (Å²) < 4.78 is 33.6. The van der Waals surface area contributed by atoms with Gasteiger partial charge in [0.15, 0.2) is 0 Å². The molecule has 1 aliphatic carbocycles. The largest absolute Gasteiger partial charge is 0.376 e. The Bertz CT molecular complexity index is 406. The van der Waals surface area contributed by atoms with Crippen molar-refractivity contribution in [2.24, 2.45) is 0 Å². The van der Waals surface area contributed by atoms with E-state index in [-0.39, 0.29) is 5.56 Å². The molecule has 2 rings (SSSR count). The molecule has 0 spiro atoms. The lowest BCUT2D eigenvalue weighted by Gasteiger charge is -2.47. The molecule has 0 aromatic heterocycles. The lowest BCUT2D eigenvalue weighted by Crippen LogP contribution is -2.51. The molecule has 0 aliphatic heterocycles. The normalized spacial score (nSPS) is 18.9. The third kappa shape index (κ3) is 2.65. The minimum absolute atomic E-state index is 0.109. The summed E-state index contributed by atoms with van der Waals surface area (Å²) >= 11 is 0. The standard InChI is InChI=1S/C15H21F2NO/c1-3-10-18-14(15(19-2)8-5-9-15)13-11(16)6-4-7-12(13)17/h4,6-7,14,18H,3,5,8-10H2,1-2H3. The van der Waals surface area contributed by atoms with Crippen molar-refractivity contribution in [3.8, 4) is 0 Å². The Morgan fingerprint density at radius 2 is 1.95 bits per heavy atom. The molecule has 1 N–H and O–H groups in total. The van der Waals surface area contributed by atoms with Crippen molar-refractivity contribution in [2.45, 2.75) is 44.2 Å². The zero-order valence-electron chi connectivity index (χ0n) is 11.5. The first-order valence-corrected chi connectivity index (χ1v) is 6.87. The van der Waals surface area contributed by atoms with Gasteiger partial charge in [0, 0.05) is 12.7 Å². The lowest BCUT2D eigenvalue weighted by atomic mass is 9.72. The summed E-state index contributed by atoms with van der Waals surface area (Å²) in [6, 6.07) is 3.58. The molecule has 0 saturated heterocycles. The van der Waals surface area contributed by atoms with Crippen molar-refractivity contribution in [1.29, 1.82) is 0 Å². The van der Waals surface area contributed by atoms with Crippen molar-refractivity contribution in [2.75, 3.05) is 13.7 Å². The van der Waals surface area contributed by atoms with Crippen LogP contribution in [0.1, 0.15) is 44.2 Å². The highest BCUT2D eigenvalue weighted by Gasteiger charge is 2.46. The Hall–Kier alpha value is -1.00. The van der Waals surface area contributed by atoms with Gasteiger partial charge in [-0.05, 0) is 44.4 Å². The first kappa shape index (κ1) is 14.4. The molecule has 1 saturated carbocycles. The highest BCUT2D eigenvalue weighted by atomic mass is 19.1. The van der Waals surface area contributed by atoms with Crippen molar-refractivity contribution >= 4 is 0 Å². The van der Waals surface area contributed by atoms with E-state index < -0.39 is 23.3 Å². The van der Waals surface area contributed by atoms with Gasteiger partial charge in [0.25, 0.3) is 0 Å². The Morgan fingerprint density at radius 3 is 2.37 bits per heavy atom. The number of benzene rings is 1. The number of halogens is 2. The summed E-state index contributed by atoms with van der Waals surface area (Å²) in [5, 5.41) is 3.26. The summed E-state index contributed by atoms with van der Waals surface area (Å²) in [4.78, 5) is 0. The molecule has 1 fully saturated rings. The van der Waals surface area contributed by atoms with Gasteiger partial charge in [0.2, 0.25) is 0 Å². The van der Waals surface area contributed by atoms with Crippen LogP contribution in [0, 0.1) is 11.6 Å². The van der Waals surface area contributed by atoms with Crippen LogP contribution in [0.4, 0.5) is 8.78 Å². The molecule has 4 heteroatoms. The average molecular weight is 269 g/mol. The second-order valence-corrected chi connectivity index (χ2v) is 5.14. The van der Waals surface area contributed by atoms with Gasteiger partial charge in [-0.15, -0.1) is 0 Å². The molecule has 0 heterocycles. The van der Waals surface area contributed by atoms with Crippen molar-refractivity contribution in [3.05, 3.63) is 35.4 Å². The van der Waals surface area contributed by atoms with E-state index >= 15 is 0 Å². The van der Waals surface area contributed by atoms with E-state index in [1.165, 1.54) is 18.2 Å². The van der Waals surface area contributed by atoms with E-state index in [9.17, 15) is 8.78 Å². The fourth-order valence-corrected chi connectivity index (χ4v) is 2.76. The summed E-state index contributed by atoms with van der Waals surface area (Å²) in [6.45, 7) is 2.74. The number of rotatable bonds is 6. The predicted molar refractivity (Wildman–Crippen MR) is 71.0 cm³/mol. The van der Waals surface area contributed by atoms with E-state index in [2.05, 4.69) is 5.32 Å². The molecule has 1 aromatic rings. The molecule has 1 aliphatic rings. The maximum atomic E-state index is 14.0. The maximum Gasteiger partial charge on any atom is 0.131 e. The van der Waals surface area contributed by atoms with E-state index in [4.69, 9.17) is 4.74 Å². The molecule has 1 atom stereocenters. The molecule has 0 bridgehead atoms. The van der Waals surface area contributed by atoms with Crippen molar-refractivity contribution in [3.63, 3.8) is 0 Å². The first-order chi connectivity index (χ1) is 9.14. The monoisotopic (exact) mass is 269 g/mol. The minimum atomic E-state index is -0.503. The van der Waals surface area contributed by atoms with Gasteiger partial charge in [0.05, 0.1) is 11.6 Å². The van der Waals surface area contributed by atoms with E-state index in [0.29, 0.717) is 6.54 Å². The number of ether oxygens (including phenoxy) is 1. The summed E-state index contributed by atoms with van der Waals surface area (Å²) in [5.41, 5.74) is -0.365. The fraction of sp³-hybridized carbons (Fsp3) is 0.600. The molecular weight excluding hydrogens is 248 g/mol. The second kappa shape index (κ2) is 5.97. The van der Waals surface area contributed by atoms with E-state index in [1.807, 2.05) is 6.92 Å². The molecule has 106 valence electrons. The Labute approximate surface area is 113 Å². The predicted octanol–water partition coefficient (Wildman–Crippen LogP) is 3.57. The number of nitrogens with one attached hydrogen (secondary N) is 1. The summed E-state index contributed by atoms with van der Waals surface area (Å²) in [6.07, 6.45) is 3.61. The highest BCUT2D eigenvalue weighted by molar-refractivity contribution is 5.27. The van der Waals surface area contributed by atoms with Gasteiger partial charge in [-0.3, -0.25) is 0 Å². The average Bonchev–Trinajstić information content (AvgIpc) is 2.34. The first-order valence-electron chi connectivity index (χ1n) is 6.87. The van der Waals surface area contributed by atoms with Crippen LogP contribution in [0.2, 0.25) is 0 Å². The minimum Gasteiger partial charge on any atom is -0.376 e. The molecular formula is C15H21F2NO. The number of methoxy groups -OCH3 is 1. The molecule has 0 radical (unpaired) electrons. The topological polar surface area (TPSA) is 21.3 Å². The lowest BCUT2D eigenvalue weighted by molar-refractivity contribution is -0.101.